The lowest BCUT2D eigenvalue weighted by Crippen LogP contribution is -2.54. The second-order valence-corrected chi connectivity index (χ2v) is 11.8. The zero-order chi connectivity index (χ0) is 27.3. The number of nitrogens with two attached hydrogens (primary N) is 1. The number of benzene rings is 2. The minimum atomic E-state index is -1.26. The van der Waals surface area contributed by atoms with E-state index in [0.29, 0.717) is 36.8 Å². The Balaban J connectivity index is 1.08. The van der Waals surface area contributed by atoms with Gasteiger partial charge in [-0.05, 0) is 55.7 Å². The lowest BCUT2D eigenvalue weighted by atomic mass is 10.0. The molecule has 4 aliphatic heterocycles. The van der Waals surface area contributed by atoms with E-state index in [4.69, 9.17) is 10.5 Å². The Morgan fingerprint density at radius 2 is 1.67 bits per heavy atom. The molecule has 4 heterocycles. The normalized spacial score (nSPS) is 23.5. The summed E-state index contributed by atoms with van der Waals surface area (Å²) in [7, 11) is -1.26. The van der Waals surface area contributed by atoms with E-state index in [2.05, 4.69) is 5.32 Å². The van der Waals surface area contributed by atoms with Crippen LogP contribution in [0.25, 0.3) is 0 Å². The number of rotatable bonds is 6. The fourth-order valence-corrected chi connectivity index (χ4v) is 6.67. The van der Waals surface area contributed by atoms with Crippen molar-refractivity contribution in [1.82, 2.24) is 14.5 Å². The Hall–Kier alpha value is -3.61. The van der Waals surface area contributed by atoms with Crippen LogP contribution in [0.2, 0.25) is 0 Å². The molecule has 39 heavy (non-hydrogen) atoms. The van der Waals surface area contributed by atoms with Crippen molar-refractivity contribution in [2.75, 3.05) is 31.1 Å². The quantitative estimate of drug-likeness (QED) is 0.502. The molecule has 4 amide bonds. The predicted molar refractivity (Wildman–Crippen MR) is 141 cm³/mol. The molecule has 0 aromatic heterocycles. The van der Waals surface area contributed by atoms with Crippen LogP contribution in [0, 0.1) is 0 Å². The summed E-state index contributed by atoms with van der Waals surface area (Å²) < 4.78 is 21.1. The molecule has 0 radical (unpaired) electrons. The maximum atomic E-state index is 13.1. The van der Waals surface area contributed by atoms with Gasteiger partial charge in [-0.25, -0.2) is 8.51 Å². The summed E-state index contributed by atoms with van der Waals surface area (Å²) in [5, 5.41) is 2.20. The van der Waals surface area contributed by atoms with Crippen molar-refractivity contribution >= 4 is 40.3 Å². The van der Waals surface area contributed by atoms with E-state index in [1.165, 1.54) is 0 Å². The number of nitrogens with zero attached hydrogens (tertiary/aromatic N) is 3. The molecule has 2 unspecified atom stereocenters. The molecule has 6 rings (SSSR count). The van der Waals surface area contributed by atoms with E-state index in [1.54, 1.807) is 18.2 Å². The molecular weight excluding hydrogens is 522 g/mol. The fraction of sp³-hybridized carbons (Fsp3) is 0.407. The van der Waals surface area contributed by atoms with Crippen LogP contribution in [0.15, 0.2) is 47.4 Å². The van der Waals surface area contributed by atoms with Crippen LogP contribution in [0.4, 0.5) is 5.69 Å². The van der Waals surface area contributed by atoms with Crippen LogP contribution in [-0.2, 0) is 20.6 Å². The first-order valence-electron chi connectivity index (χ1n) is 13.1. The second kappa shape index (κ2) is 10.2. The smallest absolute Gasteiger partial charge is 0.262 e. The average molecular weight is 552 g/mol. The van der Waals surface area contributed by atoms with Crippen molar-refractivity contribution in [3.63, 3.8) is 0 Å². The first kappa shape index (κ1) is 25.7. The van der Waals surface area contributed by atoms with Crippen LogP contribution < -0.4 is 20.7 Å². The third-order valence-electron chi connectivity index (χ3n) is 7.68. The molecule has 3 fully saturated rings. The van der Waals surface area contributed by atoms with Crippen LogP contribution in [-0.4, -0.2) is 81.4 Å². The first-order chi connectivity index (χ1) is 18.8. The Morgan fingerprint density at radius 1 is 0.923 bits per heavy atom. The second-order valence-electron chi connectivity index (χ2n) is 10.3. The minimum Gasteiger partial charge on any atom is -0.487 e. The zero-order valence-corrected chi connectivity index (χ0v) is 22.0. The molecule has 11 nitrogen and oxygen atoms in total. The summed E-state index contributed by atoms with van der Waals surface area (Å²) in [6.07, 6.45) is 1.77. The lowest BCUT2D eigenvalue weighted by Gasteiger charge is -2.40. The van der Waals surface area contributed by atoms with E-state index in [9.17, 15) is 23.4 Å². The van der Waals surface area contributed by atoms with E-state index >= 15 is 0 Å². The van der Waals surface area contributed by atoms with Gasteiger partial charge >= 0.3 is 0 Å². The Labute approximate surface area is 227 Å². The molecule has 2 atom stereocenters. The number of piperidine rings is 2. The number of amides is 4. The van der Waals surface area contributed by atoms with Crippen molar-refractivity contribution in [3.05, 3.63) is 53.6 Å². The zero-order valence-electron chi connectivity index (χ0n) is 21.2. The average Bonchev–Trinajstić information content (AvgIpc) is 3.15. The number of imide groups is 2. The lowest BCUT2D eigenvalue weighted by molar-refractivity contribution is -0.136. The van der Waals surface area contributed by atoms with Gasteiger partial charge in [0.25, 0.3) is 11.8 Å². The maximum absolute atomic E-state index is 13.1. The van der Waals surface area contributed by atoms with Gasteiger partial charge in [-0.2, -0.15) is 0 Å². The molecule has 0 bridgehead atoms. The van der Waals surface area contributed by atoms with E-state index in [-0.39, 0.29) is 36.1 Å². The third-order valence-corrected chi connectivity index (χ3v) is 9.17. The largest absolute Gasteiger partial charge is 0.487 e. The van der Waals surface area contributed by atoms with Crippen molar-refractivity contribution in [3.8, 4) is 5.75 Å². The standard InChI is InChI=1S/C27H29N5O6S/c28-16-8-10-31(11-9-16)39(37)20-3-1-2-18(13-20)38-19-14-30(15-19)17-4-5-21-22(12-17)27(36)32(26(21)35)23-6-7-24(33)29-25(23)34/h1-5,12-13,16,19,23H,6-11,14-15,28H2,(H,29,33,34). The molecule has 204 valence electrons. The fourth-order valence-electron chi connectivity index (χ4n) is 5.42. The van der Waals surface area contributed by atoms with Gasteiger partial charge in [0, 0.05) is 31.2 Å². The summed E-state index contributed by atoms with van der Waals surface area (Å²) in [6.45, 7) is 2.57. The van der Waals surface area contributed by atoms with Gasteiger partial charge in [0.1, 0.15) is 28.9 Å². The number of anilines is 1. The highest BCUT2D eigenvalue weighted by Gasteiger charge is 2.45. The molecule has 4 aliphatic rings. The molecule has 0 saturated carbocycles. The van der Waals surface area contributed by atoms with Gasteiger partial charge in [0.2, 0.25) is 11.8 Å². The van der Waals surface area contributed by atoms with Crippen LogP contribution >= 0.6 is 0 Å². The molecule has 3 N–H and O–H groups in total. The van der Waals surface area contributed by atoms with Crippen LogP contribution in [0.3, 0.4) is 0 Å². The van der Waals surface area contributed by atoms with Crippen molar-refractivity contribution in [1.29, 1.82) is 0 Å². The highest BCUT2D eigenvalue weighted by molar-refractivity contribution is 7.82. The number of fused-ring (bicyclic) bond motifs is 1. The minimum absolute atomic E-state index is 0.0794. The number of carbonyl (C=O) groups is 4. The molecule has 2 aromatic rings. The van der Waals surface area contributed by atoms with E-state index < -0.39 is 40.7 Å². The first-order valence-corrected chi connectivity index (χ1v) is 14.2. The Bertz CT molecular complexity index is 1380. The van der Waals surface area contributed by atoms with Crippen LogP contribution in [0.5, 0.6) is 5.75 Å². The van der Waals surface area contributed by atoms with Gasteiger partial charge in [-0.3, -0.25) is 29.4 Å². The summed E-state index contributed by atoms with van der Waals surface area (Å²) in [6, 6.07) is 11.6. The molecule has 2 aromatic carbocycles. The Kier molecular flexibility index (Phi) is 6.69. The SMILES string of the molecule is NC1CCN(S(=O)c2cccc(OC3CN(c4ccc5c(c4)C(=O)N(C4CCC(=O)NC4=O)C5=O)C3)c2)CC1. The highest BCUT2D eigenvalue weighted by Crippen LogP contribution is 2.33. The van der Waals surface area contributed by atoms with Crippen molar-refractivity contribution < 1.29 is 28.1 Å². The van der Waals surface area contributed by atoms with E-state index in [1.807, 2.05) is 33.5 Å². The number of hydrogen-bond donors (Lipinski definition) is 2. The number of nitrogens with one attached hydrogen (secondary N) is 1. The van der Waals surface area contributed by atoms with Gasteiger partial charge in [0.15, 0.2) is 0 Å². The Morgan fingerprint density at radius 3 is 2.41 bits per heavy atom. The van der Waals surface area contributed by atoms with E-state index in [0.717, 1.165) is 23.4 Å². The van der Waals surface area contributed by atoms with Crippen molar-refractivity contribution in [2.24, 2.45) is 5.73 Å². The van der Waals surface area contributed by atoms with Gasteiger partial charge in [-0.15, -0.1) is 0 Å². The van der Waals surface area contributed by atoms with Gasteiger partial charge in [-0.1, -0.05) is 6.07 Å². The molecule has 0 spiro atoms. The summed E-state index contributed by atoms with van der Waals surface area (Å²) >= 11 is 0. The molecule has 12 heteroatoms. The third kappa shape index (κ3) is 4.83. The number of ether oxygens (including phenoxy) is 1. The predicted octanol–water partition coefficient (Wildman–Crippen LogP) is 0.801. The molecule has 3 saturated heterocycles. The highest BCUT2D eigenvalue weighted by atomic mass is 32.2. The van der Waals surface area contributed by atoms with Gasteiger partial charge in [0.05, 0.1) is 29.1 Å². The summed E-state index contributed by atoms with van der Waals surface area (Å²) in [4.78, 5) is 53.5. The number of carbonyl (C=O) groups excluding carboxylic acids is 4. The monoisotopic (exact) mass is 551 g/mol. The summed E-state index contributed by atoms with van der Waals surface area (Å²) in [5.41, 5.74) is 7.25. The van der Waals surface area contributed by atoms with Gasteiger partial charge < -0.3 is 15.4 Å². The maximum Gasteiger partial charge on any atom is 0.262 e. The van der Waals surface area contributed by atoms with Crippen LogP contribution in [0.1, 0.15) is 46.4 Å². The number of hydrogen-bond acceptors (Lipinski definition) is 8. The summed E-state index contributed by atoms with van der Waals surface area (Å²) in [5.74, 6) is -1.44. The topological polar surface area (TPSA) is 142 Å². The molecule has 0 aliphatic carbocycles. The molecular formula is C27H29N5O6S. The van der Waals surface area contributed by atoms with Crippen molar-refractivity contribution in [2.45, 2.75) is 48.8 Å².